The van der Waals surface area contributed by atoms with E-state index < -0.39 is 12.0 Å². The number of aliphatic hydroxyl groups excluding tert-OH is 1. The molecular formula is C17H21F3N4O2. The number of carbonyl (C=O) groups excluding carboxylic acids is 1. The van der Waals surface area contributed by atoms with Gasteiger partial charge in [0.2, 0.25) is 5.82 Å². The van der Waals surface area contributed by atoms with Gasteiger partial charge < -0.3 is 15.4 Å². The number of rotatable bonds is 5. The molecule has 0 aliphatic carbocycles. The summed E-state index contributed by atoms with van der Waals surface area (Å²) in [4.78, 5) is 20.1. The smallest absolute Gasteiger partial charge is 0.395 e. The third kappa shape index (κ3) is 4.16. The molecule has 9 heteroatoms. The van der Waals surface area contributed by atoms with Crippen LogP contribution in [0.15, 0.2) is 18.2 Å². The summed E-state index contributed by atoms with van der Waals surface area (Å²) in [5.41, 5.74) is 0.599. The fraction of sp³-hybridized carbons (Fsp3) is 0.529. The molecule has 3 N–H and O–H groups in total. The lowest BCUT2D eigenvalue weighted by molar-refractivity contribution is -0.144. The molecular weight excluding hydrogens is 349 g/mol. The summed E-state index contributed by atoms with van der Waals surface area (Å²) in [6.45, 7) is 2.03. The number of fused-ring (bicyclic) bond motifs is 1. The predicted octanol–water partition coefficient (Wildman–Crippen LogP) is 2.16. The van der Waals surface area contributed by atoms with Crippen molar-refractivity contribution in [2.75, 3.05) is 26.2 Å². The average molecular weight is 370 g/mol. The molecule has 1 atom stereocenters. The lowest BCUT2D eigenvalue weighted by Gasteiger charge is -2.34. The third-order valence-electron chi connectivity index (χ3n) is 4.66. The Morgan fingerprint density at radius 2 is 2.19 bits per heavy atom. The number of H-pyrrole nitrogens is 1. The number of alkyl halides is 3. The number of piperidine rings is 1. The number of nitrogens with one attached hydrogen (secondary N) is 2. The number of benzene rings is 1. The molecule has 1 saturated heterocycles. The number of aromatic nitrogens is 2. The van der Waals surface area contributed by atoms with Gasteiger partial charge in [-0.25, -0.2) is 4.98 Å². The first-order valence-corrected chi connectivity index (χ1v) is 8.58. The molecule has 6 nitrogen and oxygen atoms in total. The highest BCUT2D eigenvalue weighted by Crippen LogP contribution is 2.28. The summed E-state index contributed by atoms with van der Waals surface area (Å²) in [6, 6.07) is 4.34. The molecule has 0 radical (unpaired) electrons. The molecule has 26 heavy (non-hydrogen) atoms. The Kier molecular flexibility index (Phi) is 5.47. The first kappa shape index (κ1) is 18.7. The maximum Gasteiger partial charge on any atom is 0.449 e. The Morgan fingerprint density at radius 3 is 2.92 bits per heavy atom. The largest absolute Gasteiger partial charge is 0.449 e. The molecule has 3 rings (SSSR count). The molecule has 2 aromatic rings. The summed E-state index contributed by atoms with van der Waals surface area (Å²) >= 11 is 0. The highest BCUT2D eigenvalue weighted by atomic mass is 19.4. The zero-order valence-corrected chi connectivity index (χ0v) is 14.1. The van der Waals surface area contributed by atoms with Crippen molar-refractivity contribution in [2.24, 2.45) is 0 Å². The van der Waals surface area contributed by atoms with E-state index in [0.717, 1.165) is 25.8 Å². The Morgan fingerprint density at radius 1 is 1.38 bits per heavy atom. The van der Waals surface area contributed by atoms with Crippen molar-refractivity contribution in [3.63, 3.8) is 0 Å². The average Bonchev–Trinajstić information content (AvgIpc) is 3.05. The number of imidazole rings is 1. The molecule has 1 aromatic heterocycles. The SMILES string of the molecule is O=C(NCCN1CCCC[C@H]1CO)c1ccc2nc(C(F)(F)F)[nH]c2c1. The van der Waals surface area contributed by atoms with Crippen molar-refractivity contribution in [3.8, 4) is 0 Å². The van der Waals surface area contributed by atoms with E-state index >= 15 is 0 Å². The second-order valence-corrected chi connectivity index (χ2v) is 6.44. The van der Waals surface area contributed by atoms with Crippen LogP contribution >= 0.6 is 0 Å². The molecule has 1 aliphatic rings. The van der Waals surface area contributed by atoms with Crippen LogP contribution in [0.2, 0.25) is 0 Å². The number of nitrogens with zero attached hydrogens (tertiary/aromatic N) is 2. The van der Waals surface area contributed by atoms with Crippen LogP contribution in [-0.4, -0.2) is 58.2 Å². The van der Waals surface area contributed by atoms with Crippen LogP contribution in [0.1, 0.15) is 35.4 Å². The Balaban J connectivity index is 1.60. The molecule has 1 aromatic carbocycles. The van der Waals surface area contributed by atoms with E-state index in [9.17, 15) is 23.1 Å². The van der Waals surface area contributed by atoms with E-state index in [-0.39, 0.29) is 35.2 Å². The highest BCUT2D eigenvalue weighted by molar-refractivity contribution is 5.97. The summed E-state index contributed by atoms with van der Waals surface area (Å²) in [6.07, 6.45) is -1.44. The van der Waals surface area contributed by atoms with E-state index in [0.29, 0.717) is 13.1 Å². The highest BCUT2D eigenvalue weighted by Gasteiger charge is 2.34. The number of hydrogen-bond acceptors (Lipinski definition) is 4. The summed E-state index contributed by atoms with van der Waals surface area (Å²) in [7, 11) is 0. The Hall–Kier alpha value is -2.13. The maximum absolute atomic E-state index is 12.7. The van der Waals surface area contributed by atoms with E-state index in [2.05, 4.69) is 20.2 Å². The first-order chi connectivity index (χ1) is 12.4. The van der Waals surface area contributed by atoms with Gasteiger partial charge in [0.1, 0.15) is 0 Å². The monoisotopic (exact) mass is 370 g/mol. The number of likely N-dealkylation sites (tertiary alicyclic amines) is 1. The second-order valence-electron chi connectivity index (χ2n) is 6.44. The number of hydrogen-bond donors (Lipinski definition) is 3. The number of aliphatic hydroxyl groups is 1. The molecule has 0 saturated carbocycles. The van der Waals surface area contributed by atoms with E-state index in [1.54, 1.807) is 0 Å². The predicted molar refractivity (Wildman–Crippen MR) is 89.7 cm³/mol. The lowest BCUT2D eigenvalue weighted by Crippen LogP contribution is -2.45. The molecule has 1 fully saturated rings. The van der Waals surface area contributed by atoms with Crippen LogP contribution in [0, 0.1) is 0 Å². The van der Waals surface area contributed by atoms with Crippen LogP contribution < -0.4 is 5.32 Å². The van der Waals surface area contributed by atoms with Crippen molar-refractivity contribution >= 4 is 16.9 Å². The van der Waals surface area contributed by atoms with Crippen LogP contribution in [-0.2, 0) is 6.18 Å². The number of carbonyl (C=O) groups is 1. The van der Waals surface area contributed by atoms with Crippen molar-refractivity contribution in [3.05, 3.63) is 29.6 Å². The minimum absolute atomic E-state index is 0.103. The van der Waals surface area contributed by atoms with Crippen molar-refractivity contribution in [1.82, 2.24) is 20.2 Å². The normalized spacial score (nSPS) is 19.0. The van der Waals surface area contributed by atoms with Crippen molar-refractivity contribution in [2.45, 2.75) is 31.5 Å². The van der Waals surface area contributed by atoms with E-state index in [1.807, 2.05) is 0 Å². The Labute approximate surface area is 148 Å². The maximum atomic E-state index is 12.7. The van der Waals surface area contributed by atoms with Gasteiger partial charge >= 0.3 is 6.18 Å². The van der Waals surface area contributed by atoms with Gasteiger partial charge in [0.15, 0.2) is 0 Å². The van der Waals surface area contributed by atoms with Crippen LogP contribution in [0.5, 0.6) is 0 Å². The lowest BCUT2D eigenvalue weighted by atomic mass is 10.0. The topological polar surface area (TPSA) is 81.2 Å². The molecule has 142 valence electrons. The summed E-state index contributed by atoms with van der Waals surface area (Å²) < 4.78 is 38.1. The minimum atomic E-state index is -4.56. The van der Waals surface area contributed by atoms with Gasteiger partial charge in [-0.1, -0.05) is 6.42 Å². The molecule has 0 spiro atoms. The zero-order valence-electron chi connectivity index (χ0n) is 14.1. The van der Waals surface area contributed by atoms with E-state index in [1.165, 1.54) is 18.2 Å². The van der Waals surface area contributed by atoms with E-state index in [4.69, 9.17) is 0 Å². The van der Waals surface area contributed by atoms with Gasteiger partial charge in [0, 0.05) is 24.7 Å². The van der Waals surface area contributed by atoms with Crippen molar-refractivity contribution in [1.29, 1.82) is 0 Å². The number of halogens is 3. The number of amides is 1. The van der Waals surface area contributed by atoms with Crippen LogP contribution in [0.25, 0.3) is 11.0 Å². The minimum Gasteiger partial charge on any atom is -0.395 e. The van der Waals surface area contributed by atoms with Gasteiger partial charge in [-0.2, -0.15) is 13.2 Å². The fourth-order valence-corrected chi connectivity index (χ4v) is 3.26. The van der Waals surface area contributed by atoms with Gasteiger partial charge in [-0.3, -0.25) is 9.69 Å². The van der Waals surface area contributed by atoms with Gasteiger partial charge in [-0.05, 0) is 37.6 Å². The zero-order chi connectivity index (χ0) is 18.7. The van der Waals surface area contributed by atoms with Crippen LogP contribution in [0.4, 0.5) is 13.2 Å². The van der Waals surface area contributed by atoms with Crippen LogP contribution in [0.3, 0.4) is 0 Å². The van der Waals surface area contributed by atoms with Gasteiger partial charge in [-0.15, -0.1) is 0 Å². The number of aromatic amines is 1. The Bertz CT molecular complexity index is 775. The van der Waals surface area contributed by atoms with Crippen molar-refractivity contribution < 1.29 is 23.1 Å². The molecule has 0 bridgehead atoms. The molecule has 2 heterocycles. The molecule has 0 unspecified atom stereocenters. The summed E-state index contributed by atoms with van der Waals surface area (Å²) in [5, 5.41) is 12.2. The standard InChI is InChI=1S/C17H21F3N4O2/c18-17(19,20)16-22-13-5-4-11(9-14(13)23-16)15(26)21-6-8-24-7-2-1-3-12(24)10-25/h4-5,9,12,25H,1-3,6-8,10H2,(H,21,26)(H,22,23)/t12-/m0/s1. The quantitative estimate of drug-likeness (QED) is 0.753. The van der Waals surface area contributed by atoms with Gasteiger partial charge in [0.25, 0.3) is 5.91 Å². The molecule has 1 amide bonds. The van der Waals surface area contributed by atoms with Gasteiger partial charge in [0.05, 0.1) is 17.6 Å². The second kappa shape index (κ2) is 7.63. The first-order valence-electron chi connectivity index (χ1n) is 8.58. The summed E-state index contributed by atoms with van der Waals surface area (Å²) in [5.74, 6) is -1.43. The fourth-order valence-electron chi connectivity index (χ4n) is 3.26. The molecule has 1 aliphatic heterocycles. The third-order valence-corrected chi connectivity index (χ3v) is 4.66.